The molecule has 9 aromatic rings. The number of nitrogens with zero attached hydrogens (tertiary/aromatic N) is 6. The van der Waals surface area contributed by atoms with Crippen molar-refractivity contribution in [2.45, 2.75) is 19.6 Å². The number of aromatic nitrogens is 3. The van der Waals surface area contributed by atoms with E-state index < -0.39 is 22.1 Å². The first kappa shape index (κ1) is 80.9. The molecule has 0 bridgehead atoms. The minimum absolute atomic E-state index is 0. The van der Waals surface area contributed by atoms with Gasteiger partial charge in [-0.15, -0.1) is 0 Å². The monoisotopic (exact) mass is 1470 g/mol. The molecule has 6 aromatic carbocycles. The zero-order valence-corrected chi connectivity index (χ0v) is 56.6. The maximum absolute atomic E-state index is 14.4. The van der Waals surface area contributed by atoms with Crippen LogP contribution in [-0.4, -0.2) is 123 Å². The van der Waals surface area contributed by atoms with Gasteiger partial charge in [-0.3, -0.25) is 14.7 Å². The predicted octanol–water partition coefficient (Wildman–Crippen LogP) is 0.736. The minimum Gasteiger partial charge on any atom is -0.792 e. The molecule has 490 valence electrons. The van der Waals surface area contributed by atoms with Crippen LogP contribution in [0.1, 0.15) is 50.5 Å². The van der Waals surface area contributed by atoms with E-state index in [1.165, 1.54) is 18.2 Å². The van der Waals surface area contributed by atoms with Crippen LogP contribution in [0.5, 0.6) is 17.2 Å². The van der Waals surface area contributed by atoms with Crippen molar-refractivity contribution in [2.24, 2.45) is 0 Å². The number of benzene rings is 6. The van der Waals surface area contributed by atoms with Gasteiger partial charge in [-0.05, 0) is 109 Å². The van der Waals surface area contributed by atoms with Crippen LogP contribution >= 0.6 is 22.1 Å². The summed E-state index contributed by atoms with van der Waals surface area (Å²) in [6, 6.07) is 56.3. The molecule has 1 aliphatic heterocycles. The van der Waals surface area contributed by atoms with E-state index >= 15 is 0 Å². The van der Waals surface area contributed by atoms with Crippen molar-refractivity contribution in [1.82, 2.24) is 29.7 Å². The van der Waals surface area contributed by atoms with Gasteiger partial charge in [-0.25, -0.2) is 15.0 Å². The number of rotatable bonds is 15. The van der Waals surface area contributed by atoms with Crippen molar-refractivity contribution < 1.29 is 125 Å². The topological polar surface area (TPSA) is 385 Å². The number of pyridine rings is 3. The predicted molar refractivity (Wildman–Crippen MR) is 357 cm³/mol. The van der Waals surface area contributed by atoms with Gasteiger partial charge in [0, 0.05) is 108 Å². The van der Waals surface area contributed by atoms with Gasteiger partial charge in [0.1, 0.15) is 17.2 Å². The third kappa shape index (κ3) is 21.3. The van der Waals surface area contributed by atoms with Gasteiger partial charge >= 0.3 is 49.4 Å². The van der Waals surface area contributed by atoms with E-state index in [0.717, 1.165) is 0 Å². The van der Waals surface area contributed by atoms with Crippen molar-refractivity contribution in [3.8, 4) is 52.8 Å². The molecular formula is C69H72EuN6O15P3. The quantitative estimate of drug-likeness (QED) is 0.101. The zero-order valence-electron chi connectivity index (χ0n) is 51.5. The summed E-state index contributed by atoms with van der Waals surface area (Å²) >= 11 is 0. The molecule has 3 aromatic heterocycles. The van der Waals surface area contributed by atoms with Gasteiger partial charge < -0.3 is 75.4 Å². The summed E-state index contributed by atoms with van der Waals surface area (Å²) in [6.07, 6.45) is 0. The van der Waals surface area contributed by atoms with Gasteiger partial charge in [0.25, 0.3) is 0 Å². The summed E-state index contributed by atoms with van der Waals surface area (Å²) in [5, 5.41) is 0.353. The average molecular weight is 1470 g/mol. The normalized spacial score (nSPS) is 14.0. The molecule has 21 nitrogen and oxygen atoms in total. The maximum atomic E-state index is 14.4. The van der Waals surface area contributed by atoms with E-state index in [-0.39, 0.29) is 134 Å². The van der Waals surface area contributed by atoms with Crippen LogP contribution in [0.3, 0.4) is 0 Å². The van der Waals surface area contributed by atoms with E-state index in [2.05, 4.69) is 50.2 Å². The van der Waals surface area contributed by atoms with Gasteiger partial charge in [0.2, 0.25) is 0 Å². The molecule has 0 saturated carbocycles. The van der Waals surface area contributed by atoms with Gasteiger partial charge in [0.05, 0.1) is 76.8 Å². The standard InChI is InChI=1S/C69H63N6O9P3.Eu.6H2O/c1-82-61-31-25-52(26-32-61)19-22-55-43-58(70-67(46-55)85(76,77)64-13-7-4-8-14-64)49-73-37-39-74(50-59-44-56(23-20-53-27-33-62(83-2)34-28-53)47-68(71-59)86(78,79)65-15-9-5-10-16-65)41-42-75(40-38-73)51-60-45-57(24-21-54-29-35-63(84-3)36-30-54)48-69(72-60)87(80,81)66-17-11-6-12-18-66;;;;;;;/h4-18,25-36,43-48H,37-42,49-51H2,1-3H3,(H,76,77)(H,78,79)(H,80,81);;6*1H2/q;+3;;;;;;/p-3. The van der Waals surface area contributed by atoms with Gasteiger partial charge in [-0.1, -0.05) is 127 Å². The molecule has 3 unspecified atom stereocenters. The first-order chi connectivity index (χ1) is 42.1. The van der Waals surface area contributed by atoms with Gasteiger partial charge in [-0.2, -0.15) is 0 Å². The molecule has 0 amide bonds. The fraction of sp³-hybridized carbons (Fsp3) is 0.174. The van der Waals surface area contributed by atoms with Crippen LogP contribution in [0, 0.1) is 84.9 Å². The Labute approximate surface area is 587 Å². The Hall–Kier alpha value is -7.36. The molecule has 12 N–H and O–H groups in total. The maximum Gasteiger partial charge on any atom is 3.00 e. The van der Waals surface area contributed by atoms with Crippen LogP contribution < -0.4 is 61.1 Å². The Bertz CT molecular complexity index is 3800. The average Bonchev–Trinajstić information content (AvgIpc) is 0.857. The number of ether oxygens (including phenoxy) is 3. The number of hydrogen-bond donors (Lipinski definition) is 0. The van der Waals surface area contributed by atoms with Crippen LogP contribution in [0.25, 0.3) is 0 Å². The Kier molecular flexibility index (Phi) is 32.4. The molecule has 1 aliphatic rings. The van der Waals surface area contributed by atoms with Crippen molar-refractivity contribution in [3.05, 3.63) is 251 Å². The first-order valence-corrected chi connectivity index (χ1v) is 32.8. The van der Waals surface area contributed by atoms with Crippen LogP contribution in [0.15, 0.2) is 200 Å². The summed E-state index contributed by atoms with van der Waals surface area (Å²) in [5.41, 5.74) is 4.52. The van der Waals surface area contributed by atoms with Crippen molar-refractivity contribution in [3.63, 3.8) is 0 Å². The smallest absolute Gasteiger partial charge is 0.792 e. The number of hydrogen-bond acceptors (Lipinski definition) is 15. The van der Waals surface area contributed by atoms with E-state index in [4.69, 9.17) is 29.2 Å². The molecule has 0 radical (unpaired) electrons. The summed E-state index contributed by atoms with van der Waals surface area (Å²) in [6.45, 7) is 3.41. The van der Waals surface area contributed by atoms with E-state index in [1.54, 1.807) is 149 Å². The van der Waals surface area contributed by atoms with Crippen LogP contribution in [0.4, 0.5) is 0 Å². The minimum atomic E-state index is -4.47. The second-order valence-electron chi connectivity index (χ2n) is 20.5. The molecule has 94 heavy (non-hydrogen) atoms. The largest absolute Gasteiger partial charge is 3.00 e. The van der Waals surface area contributed by atoms with E-state index in [1.807, 2.05) is 54.6 Å². The SMILES string of the molecule is COc1ccc(C#Cc2cc(CN3CCN(Cc4cc(C#Cc5ccc(OC)cc5)cc(P(=O)([O-])c5ccccc5)n4)CCN(Cc4cc(C#Cc5ccc(OC)cc5)cc(P(=O)([O-])c5ccccc5)n4)CC3)nc(P(=O)([O-])c3ccccc3)c2)cc1.O.O.O.O.O.O.[Eu+3]. The first-order valence-electron chi connectivity index (χ1n) is 27.9. The molecule has 10 rings (SSSR count). The molecule has 0 spiro atoms. The van der Waals surface area contributed by atoms with E-state index in [9.17, 15) is 28.4 Å². The molecule has 1 saturated heterocycles. The number of methoxy groups -OCH3 is 3. The summed E-state index contributed by atoms with van der Waals surface area (Å²) in [7, 11) is -8.66. The molecule has 25 heteroatoms. The Morgan fingerprint density at radius 1 is 0.340 bits per heavy atom. The fourth-order valence-corrected chi connectivity index (χ4v) is 13.9. The summed E-state index contributed by atoms with van der Waals surface area (Å²) in [5.74, 6) is 21.1. The summed E-state index contributed by atoms with van der Waals surface area (Å²) < 4.78 is 59.2. The van der Waals surface area contributed by atoms with Crippen LogP contribution in [-0.2, 0) is 33.3 Å². The summed E-state index contributed by atoms with van der Waals surface area (Å²) in [4.78, 5) is 64.2. The Balaban J connectivity index is 0.00000329. The molecule has 0 aliphatic carbocycles. The second-order valence-corrected chi connectivity index (χ2v) is 26.8. The third-order valence-electron chi connectivity index (χ3n) is 14.5. The molecule has 3 atom stereocenters. The van der Waals surface area contributed by atoms with Crippen molar-refractivity contribution >= 4 is 54.3 Å². The third-order valence-corrected chi connectivity index (χ3v) is 19.9. The Morgan fingerprint density at radius 3 is 0.766 bits per heavy atom. The van der Waals surface area contributed by atoms with Crippen molar-refractivity contribution in [1.29, 1.82) is 0 Å². The Morgan fingerprint density at radius 2 is 0.553 bits per heavy atom. The zero-order chi connectivity index (χ0) is 60.8. The van der Waals surface area contributed by atoms with E-state index in [0.29, 0.717) is 107 Å². The molecule has 4 heterocycles. The van der Waals surface area contributed by atoms with Gasteiger partial charge in [0.15, 0.2) is 0 Å². The second kappa shape index (κ2) is 37.7. The van der Waals surface area contributed by atoms with Crippen LogP contribution in [0.2, 0.25) is 0 Å². The van der Waals surface area contributed by atoms with Crippen molar-refractivity contribution in [2.75, 3.05) is 60.6 Å². The molecule has 1 fully saturated rings. The fourth-order valence-electron chi connectivity index (χ4n) is 9.70. The molecular weight excluding hydrogens is 1400 g/mol.